The monoisotopic (exact) mass is 250 g/mol. The molecule has 1 rings (SSSR count). The van der Waals surface area contributed by atoms with E-state index in [9.17, 15) is 9.90 Å². The van der Waals surface area contributed by atoms with Crippen LogP contribution in [0.2, 0.25) is 0 Å². The lowest BCUT2D eigenvalue weighted by Crippen LogP contribution is -2.40. The lowest BCUT2D eigenvalue weighted by Gasteiger charge is -2.26. The zero-order chi connectivity index (χ0) is 11.1. The molecule has 3 N–H and O–H groups in total. The molecule has 1 fully saturated rings. The predicted octanol–water partition coefficient (Wildman–Crippen LogP) is 0.685. The Morgan fingerprint density at radius 2 is 2.00 bits per heavy atom. The highest BCUT2D eigenvalue weighted by Gasteiger charge is 2.21. The Bertz CT molecular complexity index is 196. The number of carbonyl (C=O) groups is 1. The molecule has 16 heavy (non-hydrogen) atoms. The lowest BCUT2D eigenvalue weighted by molar-refractivity contribution is -0.120. The molecule has 1 aliphatic rings. The van der Waals surface area contributed by atoms with Crippen LogP contribution in [0.25, 0.3) is 0 Å². The molecule has 0 radical (unpaired) electrons. The molecule has 0 saturated heterocycles. The fourth-order valence-electron chi connectivity index (χ4n) is 2.13. The Labute approximate surface area is 104 Å². The molecule has 1 aliphatic carbocycles. The summed E-state index contributed by atoms with van der Waals surface area (Å²) in [7, 11) is 1.73. The van der Waals surface area contributed by atoms with E-state index in [-0.39, 0.29) is 24.4 Å². The van der Waals surface area contributed by atoms with Crippen molar-refractivity contribution in [1.82, 2.24) is 10.6 Å². The van der Waals surface area contributed by atoms with Crippen LogP contribution in [0.3, 0.4) is 0 Å². The molecule has 1 amide bonds. The Hall–Kier alpha value is -0.320. The van der Waals surface area contributed by atoms with Crippen molar-refractivity contribution >= 4 is 18.3 Å². The van der Waals surface area contributed by atoms with Crippen LogP contribution in [0.5, 0.6) is 0 Å². The minimum Gasteiger partial charge on any atom is -0.391 e. The van der Waals surface area contributed by atoms with Gasteiger partial charge < -0.3 is 15.7 Å². The molecule has 96 valence electrons. The van der Waals surface area contributed by atoms with Gasteiger partial charge in [0.25, 0.3) is 0 Å². The van der Waals surface area contributed by atoms with E-state index >= 15 is 0 Å². The van der Waals surface area contributed by atoms with Crippen LogP contribution in [-0.4, -0.2) is 37.3 Å². The van der Waals surface area contributed by atoms with Crippen molar-refractivity contribution in [3.8, 4) is 0 Å². The highest BCUT2D eigenvalue weighted by atomic mass is 35.5. The molecule has 0 aromatic heterocycles. The first kappa shape index (κ1) is 15.7. The van der Waals surface area contributed by atoms with Crippen LogP contribution < -0.4 is 10.6 Å². The second-order valence-corrected chi connectivity index (χ2v) is 4.30. The van der Waals surface area contributed by atoms with E-state index in [1.165, 1.54) is 19.3 Å². The van der Waals surface area contributed by atoms with Crippen molar-refractivity contribution in [2.45, 2.75) is 38.2 Å². The Morgan fingerprint density at radius 1 is 1.38 bits per heavy atom. The number of likely N-dealkylation sites (N-methyl/N-ethyl adjacent to an activating group) is 1. The van der Waals surface area contributed by atoms with Crippen LogP contribution in [0.1, 0.15) is 32.1 Å². The minimum absolute atomic E-state index is 0. The second kappa shape index (κ2) is 8.79. The average molecular weight is 251 g/mol. The first-order valence-electron chi connectivity index (χ1n) is 5.83. The summed E-state index contributed by atoms with van der Waals surface area (Å²) < 4.78 is 0. The van der Waals surface area contributed by atoms with E-state index < -0.39 is 0 Å². The molecule has 0 aromatic rings. The predicted molar refractivity (Wildman–Crippen MR) is 66.8 cm³/mol. The van der Waals surface area contributed by atoms with E-state index in [0.29, 0.717) is 19.0 Å². The van der Waals surface area contributed by atoms with Crippen LogP contribution in [-0.2, 0) is 4.79 Å². The first-order chi connectivity index (χ1) is 7.24. The highest BCUT2D eigenvalue weighted by molar-refractivity contribution is 5.85. The second-order valence-electron chi connectivity index (χ2n) is 4.30. The standard InChI is InChI=1S/C11H22N2O2.ClH/c1-12-8-11(15)13-7-10(14)9-5-3-2-4-6-9;/h9-10,12,14H,2-8H2,1H3,(H,13,15);1H. The van der Waals surface area contributed by atoms with Gasteiger partial charge in [-0.1, -0.05) is 19.3 Å². The molecule has 5 heteroatoms. The van der Waals surface area contributed by atoms with Crippen LogP contribution in [0.15, 0.2) is 0 Å². The van der Waals surface area contributed by atoms with Gasteiger partial charge in [0.2, 0.25) is 5.91 Å². The Kier molecular flexibility index (Phi) is 8.61. The summed E-state index contributed by atoms with van der Waals surface area (Å²) >= 11 is 0. The number of hydrogen-bond acceptors (Lipinski definition) is 3. The number of rotatable bonds is 5. The molecule has 1 unspecified atom stereocenters. The summed E-state index contributed by atoms with van der Waals surface area (Å²) in [6, 6.07) is 0. The van der Waals surface area contributed by atoms with E-state index in [1.807, 2.05) is 0 Å². The lowest BCUT2D eigenvalue weighted by atomic mass is 9.85. The number of carbonyl (C=O) groups excluding carboxylic acids is 1. The van der Waals surface area contributed by atoms with Gasteiger partial charge in [-0.05, 0) is 25.8 Å². The van der Waals surface area contributed by atoms with Crippen molar-refractivity contribution in [3.05, 3.63) is 0 Å². The molecule has 0 aliphatic heterocycles. The van der Waals surface area contributed by atoms with Crippen LogP contribution >= 0.6 is 12.4 Å². The van der Waals surface area contributed by atoms with Crippen LogP contribution in [0.4, 0.5) is 0 Å². The van der Waals surface area contributed by atoms with Gasteiger partial charge in [0, 0.05) is 6.54 Å². The molecule has 4 nitrogen and oxygen atoms in total. The van der Waals surface area contributed by atoms with E-state index in [2.05, 4.69) is 10.6 Å². The van der Waals surface area contributed by atoms with Gasteiger partial charge in [-0.15, -0.1) is 12.4 Å². The average Bonchev–Trinajstić information content (AvgIpc) is 2.27. The van der Waals surface area contributed by atoms with E-state index in [0.717, 1.165) is 12.8 Å². The molecule has 0 aromatic carbocycles. The Morgan fingerprint density at radius 3 is 2.56 bits per heavy atom. The number of aliphatic hydroxyl groups excluding tert-OH is 1. The smallest absolute Gasteiger partial charge is 0.234 e. The van der Waals surface area contributed by atoms with Gasteiger partial charge >= 0.3 is 0 Å². The number of amides is 1. The maximum atomic E-state index is 11.1. The van der Waals surface area contributed by atoms with Crippen molar-refractivity contribution < 1.29 is 9.90 Å². The van der Waals surface area contributed by atoms with Crippen LogP contribution in [0, 0.1) is 5.92 Å². The fraction of sp³-hybridized carbons (Fsp3) is 0.909. The summed E-state index contributed by atoms with van der Waals surface area (Å²) in [5, 5.41) is 15.4. The third-order valence-corrected chi connectivity index (χ3v) is 3.04. The molecule has 0 bridgehead atoms. The third-order valence-electron chi connectivity index (χ3n) is 3.04. The maximum Gasteiger partial charge on any atom is 0.234 e. The molecular formula is C11H23ClN2O2. The largest absolute Gasteiger partial charge is 0.391 e. The van der Waals surface area contributed by atoms with Gasteiger partial charge in [-0.3, -0.25) is 4.79 Å². The zero-order valence-electron chi connectivity index (χ0n) is 9.87. The fourth-order valence-corrected chi connectivity index (χ4v) is 2.13. The number of aliphatic hydroxyl groups is 1. The third kappa shape index (κ3) is 5.68. The number of nitrogens with one attached hydrogen (secondary N) is 2. The van der Waals surface area contributed by atoms with Gasteiger partial charge in [-0.25, -0.2) is 0 Å². The summed E-state index contributed by atoms with van der Waals surface area (Å²) in [6.07, 6.45) is 5.55. The summed E-state index contributed by atoms with van der Waals surface area (Å²) in [5.41, 5.74) is 0. The van der Waals surface area contributed by atoms with Crippen molar-refractivity contribution in [3.63, 3.8) is 0 Å². The Balaban J connectivity index is 0.00000225. The van der Waals surface area contributed by atoms with Gasteiger partial charge in [0.15, 0.2) is 0 Å². The zero-order valence-corrected chi connectivity index (χ0v) is 10.7. The topological polar surface area (TPSA) is 61.4 Å². The van der Waals surface area contributed by atoms with Crippen molar-refractivity contribution in [2.75, 3.05) is 20.1 Å². The normalized spacial score (nSPS) is 18.6. The molecule has 0 heterocycles. The molecular weight excluding hydrogens is 228 g/mol. The van der Waals surface area contributed by atoms with E-state index in [1.54, 1.807) is 7.05 Å². The van der Waals surface area contributed by atoms with Gasteiger partial charge in [0.1, 0.15) is 0 Å². The van der Waals surface area contributed by atoms with E-state index in [4.69, 9.17) is 0 Å². The summed E-state index contributed by atoms with van der Waals surface area (Å²) in [5.74, 6) is 0.334. The number of hydrogen-bond donors (Lipinski definition) is 3. The SMILES string of the molecule is CNCC(=O)NCC(O)C1CCCCC1.Cl. The molecule has 1 atom stereocenters. The maximum absolute atomic E-state index is 11.1. The van der Waals surface area contributed by atoms with Crippen molar-refractivity contribution in [1.29, 1.82) is 0 Å². The quantitative estimate of drug-likeness (QED) is 0.673. The minimum atomic E-state index is -0.369. The van der Waals surface area contributed by atoms with Gasteiger partial charge in [0.05, 0.1) is 12.6 Å². The summed E-state index contributed by atoms with van der Waals surface area (Å²) in [6.45, 7) is 0.711. The first-order valence-corrected chi connectivity index (χ1v) is 5.83. The molecule has 0 spiro atoms. The molecule has 1 saturated carbocycles. The highest BCUT2D eigenvalue weighted by Crippen LogP contribution is 2.26. The summed E-state index contributed by atoms with van der Waals surface area (Å²) in [4.78, 5) is 11.1. The number of halogens is 1. The van der Waals surface area contributed by atoms with Gasteiger partial charge in [-0.2, -0.15) is 0 Å². The van der Waals surface area contributed by atoms with Crippen molar-refractivity contribution in [2.24, 2.45) is 5.92 Å².